The molecule has 3 nitrogen and oxygen atoms in total. The summed E-state index contributed by atoms with van der Waals surface area (Å²) in [5.41, 5.74) is 0.470. The van der Waals surface area contributed by atoms with E-state index in [1.807, 2.05) is 0 Å². The molecule has 2 aliphatic rings. The Morgan fingerprint density at radius 2 is 1.62 bits per heavy atom. The Hall–Kier alpha value is -0.120. The second-order valence-corrected chi connectivity index (χ2v) is 8.27. The van der Waals surface area contributed by atoms with Crippen LogP contribution in [0.25, 0.3) is 0 Å². The SMILES string of the molecule is CCN1CCN(CC2CC(C(C)(C)C)CCC2NC)CC1. The van der Waals surface area contributed by atoms with Crippen molar-refractivity contribution < 1.29 is 0 Å². The third kappa shape index (κ3) is 4.67. The van der Waals surface area contributed by atoms with Crippen LogP contribution in [0.4, 0.5) is 0 Å². The van der Waals surface area contributed by atoms with Crippen molar-refractivity contribution in [2.45, 2.75) is 53.0 Å². The second-order valence-electron chi connectivity index (χ2n) is 8.27. The molecule has 3 heteroatoms. The molecule has 21 heavy (non-hydrogen) atoms. The van der Waals surface area contributed by atoms with Crippen molar-refractivity contribution >= 4 is 0 Å². The van der Waals surface area contributed by atoms with E-state index in [-0.39, 0.29) is 0 Å². The van der Waals surface area contributed by atoms with Crippen LogP contribution in [-0.2, 0) is 0 Å². The fraction of sp³-hybridized carbons (Fsp3) is 1.00. The van der Waals surface area contributed by atoms with E-state index >= 15 is 0 Å². The molecule has 2 fully saturated rings. The van der Waals surface area contributed by atoms with Gasteiger partial charge in [-0.25, -0.2) is 0 Å². The minimum atomic E-state index is 0.470. The Bertz CT molecular complexity index is 302. The summed E-state index contributed by atoms with van der Waals surface area (Å²) >= 11 is 0. The number of likely N-dealkylation sites (N-methyl/N-ethyl adjacent to an activating group) is 1. The molecule has 1 aliphatic heterocycles. The van der Waals surface area contributed by atoms with Crippen LogP contribution in [0.5, 0.6) is 0 Å². The standard InChI is InChI=1S/C18H37N3/c1-6-20-9-11-21(12-10-20)14-15-13-16(18(2,3)4)7-8-17(15)19-5/h15-17,19H,6-14H2,1-5H3. The summed E-state index contributed by atoms with van der Waals surface area (Å²) in [5.74, 6) is 1.73. The number of nitrogens with one attached hydrogen (secondary N) is 1. The molecule has 0 spiro atoms. The predicted molar refractivity (Wildman–Crippen MR) is 91.7 cm³/mol. The fourth-order valence-corrected chi connectivity index (χ4v) is 4.25. The zero-order chi connectivity index (χ0) is 15.5. The van der Waals surface area contributed by atoms with E-state index in [9.17, 15) is 0 Å². The van der Waals surface area contributed by atoms with E-state index in [2.05, 4.69) is 49.9 Å². The van der Waals surface area contributed by atoms with Gasteiger partial charge in [-0.3, -0.25) is 0 Å². The maximum absolute atomic E-state index is 3.60. The van der Waals surface area contributed by atoms with Gasteiger partial charge >= 0.3 is 0 Å². The van der Waals surface area contributed by atoms with Gasteiger partial charge in [0.1, 0.15) is 0 Å². The van der Waals surface area contributed by atoms with Crippen LogP contribution in [0.15, 0.2) is 0 Å². The lowest BCUT2D eigenvalue weighted by Crippen LogP contribution is -2.51. The molecular weight excluding hydrogens is 258 g/mol. The van der Waals surface area contributed by atoms with Gasteiger partial charge in [0.2, 0.25) is 0 Å². The van der Waals surface area contributed by atoms with Crippen LogP contribution in [0.3, 0.4) is 0 Å². The molecule has 3 atom stereocenters. The highest BCUT2D eigenvalue weighted by Crippen LogP contribution is 2.40. The second kappa shape index (κ2) is 7.43. The van der Waals surface area contributed by atoms with E-state index in [0.29, 0.717) is 5.41 Å². The number of hydrogen-bond donors (Lipinski definition) is 1. The van der Waals surface area contributed by atoms with E-state index in [1.165, 1.54) is 58.5 Å². The average Bonchev–Trinajstić information content (AvgIpc) is 2.47. The Balaban J connectivity index is 1.89. The van der Waals surface area contributed by atoms with Gasteiger partial charge in [-0.05, 0) is 50.1 Å². The third-order valence-corrected chi connectivity index (χ3v) is 5.98. The van der Waals surface area contributed by atoms with Gasteiger partial charge in [0, 0.05) is 38.8 Å². The Morgan fingerprint density at radius 3 is 2.14 bits per heavy atom. The molecule has 1 saturated carbocycles. The average molecular weight is 296 g/mol. The third-order valence-electron chi connectivity index (χ3n) is 5.98. The highest BCUT2D eigenvalue weighted by atomic mass is 15.3. The molecule has 0 aromatic heterocycles. The minimum Gasteiger partial charge on any atom is -0.317 e. The molecule has 1 saturated heterocycles. The first-order valence-corrected chi connectivity index (χ1v) is 9.06. The molecule has 124 valence electrons. The van der Waals surface area contributed by atoms with E-state index in [1.54, 1.807) is 0 Å². The van der Waals surface area contributed by atoms with Crippen LogP contribution in [0, 0.1) is 17.3 Å². The topological polar surface area (TPSA) is 18.5 Å². The maximum Gasteiger partial charge on any atom is 0.0110 e. The highest BCUT2D eigenvalue weighted by Gasteiger charge is 2.36. The predicted octanol–water partition coefficient (Wildman–Crippen LogP) is 2.67. The first-order valence-electron chi connectivity index (χ1n) is 9.06. The highest BCUT2D eigenvalue weighted by molar-refractivity contribution is 4.90. The summed E-state index contributed by atoms with van der Waals surface area (Å²) in [6, 6.07) is 0.729. The molecule has 2 rings (SSSR count). The summed E-state index contributed by atoms with van der Waals surface area (Å²) in [4.78, 5) is 5.29. The zero-order valence-corrected chi connectivity index (χ0v) is 15.0. The van der Waals surface area contributed by atoms with Crippen LogP contribution >= 0.6 is 0 Å². The Kier molecular flexibility index (Phi) is 6.10. The fourth-order valence-electron chi connectivity index (χ4n) is 4.25. The van der Waals surface area contributed by atoms with Crippen LogP contribution in [0.1, 0.15) is 47.0 Å². The van der Waals surface area contributed by atoms with Crippen molar-refractivity contribution in [3.05, 3.63) is 0 Å². The summed E-state index contributed by atoms with van der Waals surface area (Å²) in [7, 11) is 2.16. The van der Waals surface area contributed by atoms with E-state index < -0.39 is 0 Å². The van der Waals surface area contributed by atoms with E-state index in [0.717, 1.165) is 17.9 Å². The quantitative estimate of drug-likeness (QED) is 0.860. The molecule has 0 aromatic carbocycles. The zero-order valence-electron chi connectivity index (χ0n) is 15.0. The summed E-state index contributed by atoms with van der Waals surface area (Å²) in [5, 5.41) is 3.60. The summed E-state index contributed by atoms with van der Waals surface area (Å²) in [6.07, 6.45) is 4.16. The Labute approximate surface area is 132 Å². The number of nitrogens with zero attached hydrogens (tertiary/aromatic N) is 2. The lowest BCUT2D eigenvalue weighted by atomic mass is 9.67. The number of piperazine rings is 1. The maximum atomic E-state index is 3.60. The van der Waals surface area contributed by atoms with Crippen LogP contribution in [-0.4, -0.2) is 62.2 Å². The molecular formula is C18H37N3. The van der Waals surface area contributed by atoms with Crippen LogP contribution < -0.4 is 5.32 Å². The molecule has 1 aliphatic carbocycles. The number of rotatable bonds is 4. The first-order chi connectivity index (χ1) is 9.94. The Morgan fingerprint density at radius 1 is 1.00 bits per heavy atom. The molecule has 0 amide bonds. The van der Waals surface area contributed by atoms with Gasteiger partial charge in [0.25, 0.3) is 0 Å². The van der Waals surface area contributed by atoms with Crippen molar-refractivity contribution in [1.82, 2.24) is 15.1 Å². The lowest BCUT2D eigenvalue weighted by molar-refractivity contribution is 0.0676. The van der Waals surface area contributed by atoms with Gasteiger partial charge in [0.15, 0.2) is 0 Å². The normalized spacial score (nSPS) is 33.3. The van der Waals surface area contributed by atoms with Gasteiger partial charge < -0.3 is 15.1 Å². The monoisotopic (exact) mass is 295 g/mol. The molecule has 0 radical (unpaired) electrons. The minimum absolute atomic E-state index is 0.470. The van der Waals surface area contributed by atoms with Gasteiger partial charge in [-0.15, -0.1) is 0 Å². The summed E-state index contributed by atoms with van der Waals surface area (Å²) < 4.78 is 0. The van der Waals surface area contributed by atoms with Crippen molar-refractivity contribution in [2.24, 2.45) is 17.3 Å². The van der Waals surface area contributed by atoms with Crippen molar-refractivity contribution in [3.8, 4) is 0 Å². The van der Waals surface area contributed by atoms with Gasteiger partial charge in [-0.2, -0.15) is 0 Å². The van der Waals surface area contributed by atoms with Crippen molar-refractivity contribution in [1.29, 1.82) is 0 Å². The van der Waals surface area contributed by atoms with Crippen LogP contribution in [0.2, 0.25) is 0 Å². The molecule has 1 heterocycles. The van der Waals surface area contributed by atoms with Crippen molar-refractivity contribution in [3.63, 3.8) is 0 Å². The number of hydrogen-bond acceptors (Lipinski definition) is 3. The molecule has 0 bridgehead atoms. The van der Waals surface area contributed by atoms with Gasteiger partial charge in [-0.1, -0.05) is 27.7 Å². The summed E-state index contributed by atoms with van der Waals surface area (Å²) in [6.45, 7) is 17.1. The molecule has 1 N–H and O–H groups in total. The lowest BCUT2D eigenvalue weighted by Gasteiger charge is -2.44. The van der Waals surface area contributed by atoms with Gasteiger partial charge in [0.05, 0.1) is 0 Å². The molecule has 0 aromatic rings. The first kappa shape index (κ1) is 17.2. The van der Waals surface area contributed by atoms with E-state index in [4.69, 9.17) is 0 Å². The van der Waals surface area contributed by atoms with Crippen molar-refractivity contribution in [2.75, 3.05) is 46.3 Å². The smallest absolute Gasteiger partial charge is 0.0110 e. The largest absolute Gasteiger partial charge is 0.317 e. The molecule has 3 unspecified atom stereocenters.